The van der Waals surface area contributed by atoms with E-state index in [1.807, 2.05) is 0 Å². The molecule has 1 aromatic carbocycles. The van der Waals surface area contributed by atoms with Gasteiger partial charge < -0.3 is 14.8 Å². The lowest BCUT2D eigenvalue weighted by atomic mass is 10.2. The van der Waals surface area contributed by atoms with Crippen LogP contribution in [0.4, 0.5) is 5.69 Å². The van der Waals surface area contributed by atoms with Crippen molar-refractivity contribution in [2.75, 3.05) is 47.2 Å². The van der Waals surface area contributed by atoms with Gasteiger partial charge in [0.1, 0.15) is 11.5 Å². The van der Waals surface area contributed by atoms with E-state index in [-0.39, 0.29) is 6.54 Å². The maximum absolute atomic E-state index is 12.0. The van der Waals surface area contributed by atoms with E-state index in [1.165, 1.54) is 35.4 Å². The Kier molecular flexibility index (Phi) is 6.15. The van der Waals surface area contributed by atoms with E-state index >= 15 is 0 Å². The topological polar surface area (TPSA) is 88.2 Å². The van der Waals surface area contributed by atoms with Gasteiger partial charge >= 0.3 is 0 Å². The highest BCUT2D eigenvalue weighted by Gasteiger charge is 2.23. The number of methoxy groups -OCH3 is 2. The van der Waals surface area contributed by atoms with Gasteiger partial charge in [0.15, 0.2) is 0 Å². The van der Waals surface area contributed by atoms with Crippen LogP contribution in [-0.2, 0) is 15.0 Å². The molecule has 0 atom stereocenters. The van der Waals surface area contributed by atoms with Crippen molar-refractivity contribution in [3.05, 3.63) is 18.2 Å². The summed E-state index contributed by atoms with van der Waals surface area (Å²) in [7, 11) is 3.46. The van der Waals surface area contributed by atoms with Crippen LogP contribution in [0.2, 0.25) is 0 Å². The largest absolute Gasteiger partial charge is 0.497 e. The summed E-state index contributed by atoms with van der Waals surface area (Å²) in [5.74, 6) is 0.511. The molecule has 8 nitrogen and oxygen atoms in total. The summed E-state index contributed by atoms with van der Waals surface area (Å²) < 4.78 is 36.0. The molecule has 0 aliphatic rings. The maximum Gasteiger partial charge on any atom is 0.281 e. The minimum atomic E-state index is -3.64. The first kappa shape index (κ1) is 18.2. The molecule has 1 aromatic rings. The zero-order chi connectivity index (χ0) is 16.9. The van der Waals surface area contributed by atoms with Gasteiger partial charge in [-0.1, -0.05) is 0 Å². The first-order chi connectivity index (χ1) is 10.2. The Morgan fingerprint density at radius 3 is 2.32 bits per heavy atom. The molecule has 0 saturated heterocycles. The molecule has 0 aromatic heterocycles. The monoisotopic (exact) mass is 331 g/mol. The van der Waals surface area contributed by atoms with E-state index in [4.69, 9.17) is 9.47 Å². The van der Waals surface area contributed by atoms with Crippen LogP contribution < -0.4 is 14.8 Å². The van der Waals surface area contributed by atoms with Gasteiger partial charge in [0.05, 0.1) is 26.5 Å². The minimum Gasteiger partial charge on any atom is -0.497 e. The highest BCUT2D eigenvalue weighted by molar-refractivity contribution is 7.86. The summed E-state index contributed by atoms with van der Waals surface area (Å²) in [6.45, 7) is -0.319. The number of anilines is 1. The third-order valence-electron chi connectivity index (χ3n) is 2.90. The predicted octanol–water partition coefficient (Wildman–Crippen LogP) is 0.381. The van der Waals surface area contributed by atoms with Gasteiger partial charge in [0.25, 0.3) is 10.2 Å². The van der Waals surface area contributed by atoms with E-state index < -0.39 is 16.1 Å². The van der Waals surface area contributed by atoms with Crippen LogP contribution in [0, 0.1) is 0 Å². The van der Waals surface area contributed by atoms with Crippen molar-refractivity contribution in [2.24, 2.45) is 0 Å². The molecule has 124 valence electrons. The van der Waals surface area contributed by atoms with E-state index in [0.29, 0.717) is 17.2 Å². The van der Waals surface area contributed by atoms with Crippen molar-refractivity contribution in [3.63, 3.8) is 0 Å². The van der Waals surface area contributed by atoms with Gasteiger partial charge in [0.2, 0.25) is 5.91 Å². The van der Waals surface area contributed by atoms with Crippen LogP contribution in [0.5, 0.6) is 11.5 Å². The fourth-order valence-corrected chi connectivity index (χ4v) is 2.50. The fraction of sp³-hybridized carbons (Fsp3) is 0.462. The molecule has 1 amide bonds. The first-order valence-corrected chi connectivity index (χ1v) is 7.77. The molecule has 0 fully saturated rings. The molecule has 9 heteroatoms. The Bertz CT molecular complexity index is 631. The van der Waals surface area contributed by atoms with Crippen molar-refractivity contribution >= 4 is 21.8 Å². The average molecular weight is 331 g/mol. The normalized spacial score (nSPS) is 11.6. The molecule has 0 saturated carbocycles. The molecule has 0 bridgehead atoms. The molecular formula is C13H21N3O5S. The van der Waals surface area contributed by atoms with Crippen LogP contribution >= 0.6 is 0 Å². The maximum atomic E-state index is 12.0. The Morgan fingerprint density at radius 2 is 1.82 bits per heavy atom. The number of nitrogens with zero attached hydrogens (tertiary/aromatic N) is 2. The van der Waals surface area contributed by atoms with E-state index in [9.17, 15) is 13.2 Å². The predicted molar refractivity (Wildman–Crippen MR) is 83.4 cm³/mol. The Balaban J connectivity index is 2.85. The third kappa shape index (κ3) is 4.33. The fourth-order valence-electron chi connectivity index (χ4n) is 1.66. The number of ether oxygens (including phenoxy) is 2. The van der Waals surface area contributed by atoms with Crippen LogP contribution in [0.15, 0.2) is 18.2 Å². The summed E-state index contributed by atoms with van der Waals surface area (Å²) in [4.78, 5) is 12.0. The highest BCUT2D eigenvalue weighted by Crippen LogP contribution is 2.28. The highest BCUT2D eigenvalue weighted by atomic mass is 32.2. The average Bonchev–Trinajstić information content (AvgIpc) is 2.46. The second-order valence-electron chi connectivity index (χ2n) is 4.66. The smallest absolute Gasteiger partial charge is 0.281 e. The number of carbonyl (C=O) groups is 1. The van der Waals surface area contributed by atoms with Crippen molar-refractivity contribution in [1.82, 2.24) is 8.61 Å². The summed E-state index contributed by atoms with van der Waals surface area (Å²) in [5.41, 5.74) is 0.405. The van der Waals surface area contributed by atoms with E-state index in [0.717, 1.165) is 8.61 Å². The number of hydrogen-bond acceptors (Lipinski definition) is 5. The van der Waals surface area contributed by atoms with Crippen LogP contribution in [0.1, 0.15) is 0 Å². The summed E-state index contributed by atoms with van der Waals surface area (Å²) in [6.07, 6.45) is 0. The summed E-state index contributed by atoms with van der Waals surface area (Å²) in [5, 5.41) is 2.61. The number of likely N-dealkylation sites (N-methyl/N-ethyl adjacent to an activating group) is 1. The van der Waals surface area contributed by atoms with Crippen molar-refractivity contribution in [3.8, 4) is 11.5 Å². The van der Waals surface area contributed by atoms with E-state index in [2.05, 4.69) is 5.32 Å². The third-order valence-corrected chi connectivity index (χ3v) is 4.74. The molecule has 0 aliphatic heterocycles. The number of nitrogens with one attached hydrogen (secondary N) is 1. The van der Waals surface area contributed by atoms with E-state index in [1.54, 1.807) is 18.2 Å². The zero-order valence-electron chi connectivity index (χ0n) is 13.3. The summed E-state index contributed by atoms with van der Waals surface area (Å²) >= 11 is 0. The van der Waals surface area contributed by atoms with Gasteiger partial charge in [-0.15, -0.1) is 0 Å². The standard InChI is InChI=1S/C13H21N3O5S/c1-15(2)22(18,19)16(3)9-13(17)14-11-8-10(20-4)6-7-12(11)21-5/h6-8H,9H2,1-5H3,(H,14,17). The molecule has 0 aliphatic carbocycles. The SMILES string of the molecule is COc1ccc(OC)c(NC(=O)CN(C)S(=O)(=O)N(C)C)c1. The second kappa shape index (κ2) is 7.43. The molecule has 0 spiro atoms. The van der Waals surface area contributed by atoms with Crippen molar-refractivity contribution in [1.29, 1.82) is 0 Å². The zero-order valence-corrected chi connectivity index (χ0v) is 14.1. The molecule has 1 rings (SSSR count). The lowest BCUT2D eigenvalue weighted by molar-refractivity contribution is -0.116. The molecule has 22 heavy (non-hydrogen) atoms. The number of hydrogen-bond donors (Lipinski definition) is 1. The minimum absolute atomic E-state index is 0.319. The Morgan fingerprint density at radius 1 is 1.18 bits per heavy atom. The van der Waals surface area contributed by atoms with Gasteiger partial charge in [-0.25, -0.2) is 0 Å². The van der Waals surface area contributed by atoms with Gasteiger partial charge in [-0.05, 0) is 12.1 Å². The Hall–Kier alpha value is -1.84. The molecule has 0 unspecified atom stereocenters. The first-order valence-electron chi connectivity index (χ1n) is 6.38. The number of carbonyl (C=O) groups excluding carboxylic acids is 1. The van der Waals surface area contributed by atoms with Crippen molar-refractivity contribution < 1.29 is 22.7 Å². The van der Waals surface area contributed by atoms with Gasteiger partial charge in [0, 0.05) is 27.2 Å². The van der Waals surface area contributed by atoms with Crippen molar-refractivity contribution in [2.45, 2.75) is 0 Å². The lowest BCUT2D eigenvalue weighted by Crippen LogP contribution is -2.41. The number of rotatable bonds is 7. The molecule has 1 N–H and O–H groups in total. The second-order valence-corrected chi connectivity index (χ2v) is 6.91. The Labute approximate surface area is 130 Å². The lowest BCUT2D eigenvalue weighted by Gasteiger charge is -2.21. The molecule has 0 heterocycles. The molecule has 0 radical (unpaired) electrons. The van der Waals surface area contributed by atoms with Gasteiger partial charge in [-0.2, -0.15) is 17.0 Å². The number of benzene rings is 1. The van der Waals surface area contributed by atoms with Gasteiger partial charge in [-0.3, -0.25) is 4.79 Å². The van der Waals surface area contributed by atoms with Crippen LogP contribution in [0.3, 0.4) is 0 Å². The van der Waals surface area contributed by atoms with Crippen LogP contribution in [-0.4, -0.2) is 64.8 Å². The number of amides is 1. The molecular weight excluding hydrogens is 310 g/mol. The quantitative estimate of drug-likeness (QED) is 0.780. The summed E-state index contributed by atoms with van der Waals surface area (Å²) in [6, 6.07) is 4.93. The van der Waals surface area contributed by atoms with Crippen LogP contribution in [0.25, 0.3) is 0 Å².